The Morgan fingerprint density at radius 2 is 1.59 bits per heavy atom. The van der Waals surface area contributed by atoms with E-state index in [4.69, 9.17) is 0 Å². The summed E-state index contributed by atoms with van der Waals surface area (Å²) in [5, 5.41) is 6.03. The molecule has 1 aliphatic heterocycles. The quantitative estimate of drug-likeness (QED) is 0.723. The van der Waals surface area contributed by atoms with Gasteiger partial charge in [0.25, 0.3) is 0 Å². The molecule has 0 fully saturated rings. The van der Waals surface area contributed by atoms with Gasteiger partial charge in [-0.15, -0.1) is 0 Å². The number of nitrogens with zero attached hydrogens (tertiary/aromatic N) is 3. The summed E-state index contributed by atoms with van der Waals surface area (Å²) in [6.45, 7) is 0. The number of hydrogen-bond donors (Lipinski definition) is 1. The molecule has 0 saturated carbocycles. The number of rotatable bonds is 3. The first kappa shape index (κ1) is 17.0. The van der Waals surface area contributed by atoms with E-state index in [-0.39, 0.29) is 0 Å². The molecule has 136 valence electrons. The fourth-order valence-electron chi connectivity index (χ4n) is 2.82. The number of nitrogens with one attached hydrogen (secondary N) is 1. The third-order valence-corrected chi connectivity index (χ3v) is 4.13. The molecule has 0 spiro atoms. The summed E-state index contributed by atoms with van der Waals surface area (Å²) in [6, 6.07) is 16.5. The monoisotopic (exact) mass is 368 g/mol. The summed E-state index contributed by atoms with van der Waals surface area (Å²) in [4.78, 5) is 0. The Bertz CT molecular complexity index is 986. The van der Waals surface area contributed by atoms with E-state index in [2.05, 4.69) is 10.5 Å². The molecular weight excluding hydrogens is 353 g/mol. The minimum absolute atomic E-state index is 0.593. The van der Waals surface area contributed by atoms with E-state index in [0.29, 0.717) is 5.69 Å². The molecule has 2 aromatic carbocycles. The summed E-state index contributed by atoms with van der Waals surface area (Å²) in [7, 11) is 0. The van der Waals surface area contributed by atoms with E-state index in [0.717, 1.165) is 29.2 Å². The number of alkyl halides is 3. The molecule has 0 aliphatic carbocycles. The van der Waals surface area contributed by atoms with Crippen molar-refractivity contribution in [2.45, 2.75) is 6.18 Å². The SMILES string of the molecule is FC(F)(F)c1ccc(N2C=CC=C(c3ccnn3-c3ccccc3)N2)cc1. The summed E-state index contributed by atoms with van der Waals surface area (Å²) in [5.41, 5.74) is 5.65. The van der Waals surface area contributed by atoms with Crippen molar-refractivity contribution in [3.8, 4) is 5.69 Å². The fourth-order valence-corrected chi connectivity index (χ4v) is 2.82. The number of hydrazine groups is 1. The second-order valence-electron chi connectivity index (χ2n) is 5.91. The highest BCUT2D eigenvalue weighted by molar-refractivity contribution is 5.69. The van der Waals surface area contributed by atoms with E-state index in [9.17, 15) is 13.2 Å². The van der Waals surface area contributed by atoms with Crippen molar-refractivity contribution < 1.29 is 13.2 Å². The van der Waals surface area contributed by atoms with Gasteiger partial charge in [0.1, 0.15) is 0 Å². The van der Waals surface area contributed by atoms with Gasteiger partial charge in [-0.25, -0.2) is 4.68 Å². The van der Waals surface area contributed by atoms with Gasteiger partial charge in [0.2, 0.25) is 0 Å². The van der Waals surface area contributed by atoms with Crippen LogP contribution in [-0.4, -0.2) is 9.78 Å². The lowest BCUT2D eigenvalue weighted by Crippen LogP contribution is -2.34. The second kappa shape index (κ2) is 6.68. The van der Waals surface area contributed by atoms with Crippen molar-refractivity contribution in [2.75, 3.05) is 5.01 Å². The molecule has 0 unspecified atom stereocenters. The van der Waals surface area contributed by atoms with Gasteiger partial charge < -0.3 is 0 Å². The molecule has 1 N–H and O–H groups in total. The van der Waals surface area contributed by atoms with Crippen LogP contribution in [-0.2, 0) is 6.18 Å². The Morgan fingerprint density at radius 3 is 2.30 bits per heavy atom. The van der Waals surface area contributed by atoms with E-state index in [1.807, 2.05) is 48.6 Å². The van der Waals surface area contributed by atoms with E-state index >= 15 is 0 Å². The maximum absolute atomic E-state index is 12.8. The summed E-state index contributed by atoms with van der Waals surface area (Å²) in [5.74, 6) is 0. The van der Waals surface area contributed by atoms with Gasteiger partial charge in [-0.1, -0.05) is 18.2 Å². The van der Waals surface area contributed by atoms with Gasteiger partial charge in [0.15, 0.2) is 0 Å². The van der Waals surface area contributed by atoms with Crippen molar-refractivity contribution in [3.63, 3.8) is 0 Å². The first-order chi connectivity index (χ1) is 13.0. The van der Waals surface area contributed by atoms with Gasteiger partial charge in [-0.2, -0.15) is 18.3 Å². The molecule has 0 radical (unpaired) electrons. The topological polar surface area (TPSA) is 33.1 Å². The maximum atomic E-state index is 12.8. The van der Waals surface area contributed by atoms with Crippen LogP contribution < -0.4 is 10.4 Å². The zero-order chi connectivity index (χ0) is 18.9. The number of aromatic nitrogens is 2. The highest BCUT2D eigenvalue weighted by Gasteiger charge is 2.30. The van der Waals surface area contributed by atoms with E-state index in [1.54, 1.807) is 22.1 Å². The van der Waals surface area contributed by atoms with Crippen LogP contribution >= 0.6 is 0 Å². The maximum Gasteiger partial charge on any atom is 0.416 e. The average molecular weight is 368 g/mol. The number of allylic oxidation sites excluding steroid dienone is 2. The van der Waals surface area contributed by atoms with Crippen molar-refractivity contribution in [2.24, 2.45) is 0 Å². The molecule has 0 bridgehead atoms. The summed E-state index contributed by atoms with van der Waals surface area (Å²) < 4.78 is 40.1. The zero-order valence-electron chi connectivity index (χ0n) is 14.1. The molecule has 3 aromatic rings. The molecule has 0 atom stereocenters. The molecule has 1 aromatic heterocycles. The van der Waals surface area contributed by atoms with Crippen LogP contribution in [0.25, 0.3) is 11.4 Å². The second-order valence-corrected chi connectivity index (χ2v) is 5.91. The normalized spacial score (nSPS) is 14.0. The largest absolute Gasteiger partial charge is 0.416 e. The highest BCUT2D eigenvalue weighted by atomic mass is 19.4. The fraction of sp³-hybridized carbons (Fsp3) is 0.0500. The molecule has 0 amide bonds. The Balaban J connectivity index is 1.59. The smallest absolute Gasteiger partial charge is 0.292 e. The standard InChI is InChI=1S/C20H15F3N4/c21-20(22,23)15-8-10-16(11-9-15)26-14-4-7-18(25-26)19-12-13-24-27(19)17-5-2-1-3-6-17/h1-14,25H. The number of benzene rings is 2. The lowest BCUT2D eigenvalue weighted by Gasteiger charge is -2.27. The molecule has 27 heavy (non-hydrogen) atoms. The van der Waals surface area contributed by atoms with Crippen LogP contribution in [0, 0.1) is 0 Å². The molecule has 7 heteroatoms. The van der Waals surface area contributed by atoms with Gasteiger partial charge in [0.05, 0.1) is 34.5 Å². The Kier molecular flexibility index (Phi) is 4.19. The summed E-state index contributed by atoms with van der Waals surface area (Å²) in [6.07, 6.45) is 2.81. The lowest BCUT2D eigenvalue weighted by molar-refractivity contribution is -0.137. The van der Waals surface area contributed by atoms with Crippen LogP contribution in [0.5, 0.6) is 0 Å². The molecule has 4 nitrogen and oxygen atoms in total. The third-order valence-electron chi connectivity index (χ3n) is 4.13. The van der Waals surface area contributed by atoms with Crippen LogP contribution in [0.2, 0.25) is 0 Å². The minimum atomic E-state index is -4.35. The summed E-state index contributed by atoms with van der Waals surface area (Å²) >= 11 is 0. The van der Waals surface area contributed by atoms with Crippen LogP contribution in [0.3, 0.4) is 0 Å². The van der Waals surface area contributed by atoms with Crippen molar-refractivity contribution in [3.05, 3.63) is 96.5 Å². The number of para-hydroxylation sites is 1. The predicted octanol–water partition coefficient (Wildman–Crippen LogP) is 4.77. The molecule has 1 aliphatic rings. The van der Waals surface area contributed by atoms with Gasteiger partial charge in [-0.05, 0) is 54.6 Å². The highest BCUT2D eigenvalue weighted by Crippen LogP contribution is 2.31. The zero-order valence-corrected chi connectivity index (χ0v) is 14.1. The van der Waals surface area contributed by atoms with Crippen LogP contribution in [0.1, 0.15) is 11.3 Å². The van der Waals surface area contributed by atoms with Crippen molar-refractivity contribution in [1.29, 1.82) is 0 Å². The molecule has 2 heterocycles. The number of hydrogen-bond acceptors (Lipinski definition) is 3. The van der Waals surface area contributed by atoms with Crippen molar-refractivity contribution in [1.82, 2.24) is 15.2 Å². The molecule has 4 rings (SSSR count). The molecular formula is C20H15F3N4. The van der Waals surface area contributed by atoms with Crippen molar-refractivity contribution >= 4 is 11.4 Å². The first-order valence-electron chi connectivity index (χ1n) is 8.24. The average Bonchev–Trinajstić information content (AvgIpc) is 3.18. The van der Waals surface area contributed by atoms with Gasteiger partial charge in [-0.3, -0.25) is 10.4 Å². The first-order valence-corrected chi connectivity index (χ1v) is 8.24. The van der Waals surface area contributed by atoms with E-state index < -0.39 is 11.7 Å². The third kappa shape index (κ3) is 3.44. The number of halogens is 3. The minimum Gasteiger partial charge on any atom is -0.292 e. The molecule has 0 saturated heterocycles. The van der Waals surface area contributed by atoms with Gasteiger partial charge >= 0.3 is 6.18 Å². The number of anilines is 1. The Hall–Kier alpha value is -3.48. The Labute approximate surface area is 153 Å². The Morgan fingerprint density at radius 1 is 0.852 bits per heavy atom. The van der Waals surface area contributed by atoms with Crippen LogP contribution in [0.15, 0.2) is 85.2 Å². The lowest BCUT2D eigenvalue weighted by atomic mass is 10.2. The van der Waals surface area contributed by atoms with Crippen LogP contribution in [0.4, 0.5) is 18.9 Å². The predicted molar refractivity (Wildman–Crippen MR) is 97.7 cm³/mol. The van der Waals surface area contributed by atoms with E-state index in [1.165, 1.54) is 12.1 Å². The van der Waals surface area contributed by atoms with Gasteiger partial charge in [0, 0.05) is 6.20 Å².